The summed E-state index contributed by atoms with van der Waals surface area (Å²) in [5, 5.41) is 4.05. The van der Waals surface area contributed by atoms with Crippen molar-refractivity contribution in [3.8, 4) is 0 Å². The quantitative estimate of drug-likeness (QED) is 0.803. The van der Waals surface area contributed by atoms with Gasteiger partial charge in [-0.1, -0.05) is 22.0 Å². The molecular formula is C19H24BrN3O3. The first-order valence-corrected chi connectivity index (χ1v) is 9.47. The van der Waals surface area contributed by atoms with Crippen LogP contribution in [0.15, 0.2) is 28.7 Å². The maximum atomic E-state index is 12.7. The minimum Gasteiger partial charge on any atom is -0.444 e. The van der Waals surface area contributed by atoms with Crippen LogP contribution in [0.4, 0.5) is 4.79 Å². The van der Waals surface area contributed by atoms with Crippen LogP contribution in [0.2, 0.25) is 0 Å². The molecule has 1 N–H and O–H groups in total. The molecule has 1 aliphatic rings. The molecule has 3 rings (SSSR count). The van der Waals surface area contributed by atoms with Crippen LogP contribution in [0.25, 0.3) is 10.9 Å². The van der Waals surface area contributed by atoms with Gasteiger partial charge in [0.1, 0.15) is 11.3 Å². The minimum absolute atomic E-state index is 0.0697. The van der Waals surface area contributed by atoms with Crippen molar-refractivity contribution < 1.29 is 14.3 Å². The number of hydrogen-bond acceptors (Lipinski definition) is 3. The molecule has 6 nitrogen and oxygen atoms in total. The third-order valence-electron chi connectivity index (χ3n) is 4.42. The SMILES string of the molecule is Cn1c(C(=O)N[C@@H]2CCN(C(=O)OC(C)(C)C)C2)cc2ccc(Br)cc21. The first kappa shape index (κ1) is 18.8. The first-order chi connectivity index (χ1) is 12.1. The average molecular weight is 422 g/mol. The van der Waals surface area contributed by atoms with E-state index in [4.69, 9.17) is 4.74 Å². The summed E-state index contributed by atoms with van der Waals surface area (Å²) < 4.78 is 8.25. The predicted octanol–water partition coefficient (Wildman–Crippen LogP) is 3.68. The highest BCUT2D eigenvalue weighted by Crippen LogP contribution is 2.23. The fourth-order valence-corrected chi connectivity index (χ4v) is 3.50. The second-order valence-corrected chi connectivity index (χ2v) is 8.59. The van der Waals surface area contributed by atoms with Gasteiger partial charge in [-0.3, -0.25) is 4.79 Å². The summed E-state index contributed by atoms with van der Waals surface area (Å²) in [7, 11) is 1.88. The van der Waals surface area contributed by atoms with E-state index in [9.17, 15) is 9.59 Å². The molecule has 26 heavy (non-hydrogen) atoms. The summed E-state index contributed by atoms with van der Waals surface area (Å²) in [4.78, 5) is 26.5. The van der Waals surface area contributed by atoms with Gasteiger partial charge in [-0.05, 0) is 45.4 Å². The van der Waals surface area contributed by atoms with Gasteiger partial charge in [-0.15, -0.1) is 0 Å². The molecule has 0 spiro atoms. The lowest BCUT2D eigenvalue weighted by Crippen LogP contribution is -2.40. The van der Waals surface area contributed by atoms with E-state index in [1.807, 2.05) is 56.7 Å². The van der Waals surface area contributed by atoms with Crippen LogP contribution >= 0.6 is 15.9 Å². The molecule has 1 saturated heterocycles. The van der Waals surface area contributed by atoms with Crippen molar-refractivity contribution in [2.45, 2.75) is 38.8 Å². The highest BCUT2D eigenvalue weighted by molar-refractivity contribution is 9.10. The summed E-state index contributed by atoms with van der Waals surface area (Å²) in [5.41, 5.74) is 1.08. The number of likely N-dealkylation sites (tertiary alicyclic amines) is 1. The summed E-state index contributed by atoms with van der Waals surface area (Å²) in [6, 6.07) is 7.75. The predicted molar refractivity (Wildman–Crippen MR) is 104 cm³/mol. The number of fused-ring (bicyclic) bond motifs is 1. The van der Waals surface area contributed by atoms with Crippen LogP contribution in [0.1, 0.15) is 37.7 Å². The second kappa shape index (κ2) is 6.95. The van der Waals surface area contributed by atoms with Crippen molar-refractivity contribution in [3.05, 3.63) is 34.4 Å². The Labute approximate surface area is 161 Å². The maximum Gasteiger partial charge on any atom is 0.410 e. The fourth-order valence-electron chi connectivity index (χ4n) is 3.15. The van der Waals surface area contributed by atoms with E-state index in [2.05, 4.69) is 21.2 Å². The number of benzene rings is 1. The fraction of sp³-hybridized carbons (Fsp3) is 0.474. The second-order valence-electron chi connectivity index (χ2n) is 7.68. The molecule has 1 aromatic heterocycles. The topological polar surface area (TPSA) is 63.6 Å². The third-order valence-corrected chi connectivity index (χ3v) is 4.91. The van der Waals surface area contributed by atoms with E-state index < -0.39 is 5.60 Å². The molecule has 0 radical (unpaired) electrons. The minimum atomic E-state index is -0.518. The van der Waals surface area contributed by atoms with E-state index in [1.54, 1.807) is 4.90 Å². The van der Waals surface area contributed by atoms with E-state index in [1.165, 1.54) is 0 Å². The smallest absolute Gasteiger partial charge is 0.410 e. The van der Waals surface area contributed by atoms with E-state index in [0.29, 0.717) is 18.8 Å². The molecule has 0 unspecified atom stereocenters. The Hall–Kier alpha value is -2.02. The third kappa shape index (κ3) is 4.03. The Morgan fingerprint density at radius 2 is 2.00 bits per heavy atom. The van der Waals surface area contributed by atoms with Crippen LogP contribution in [0.5, 0.6) is 0 Å². The van der Waals surface area contributed by atoms with E-state index in [0.717, 1.165) is 21.8 Å². The number of amides is 2. The lowest BCUT2D eigenvalue weighted by Gasteiger charge is -2.24. The van der Waals surface area contributed by atoms with Crippen molar-refractivity contribution in [3.63, 3.8) is 0 Å². The highest BCUT2D eigenvalue weighted by atomic mass is 79.9. The number of aromatic nitrogens is 1. The molecule has 0 saturated carbocycles. The molecule has 1 fully saturated rings. The Balaban J connectivity index is 1.66. The summed E-state index contributed by atoms with van der Waals surface area (Å²) in [6.45, 7) is 6.59. The van der Waals surface area contributed by atoms with Gasteiger partial charge in [0.05, 0.1) is 0 Å². The molecule has 1 atom stereocenters. The Morgan fingerprint density at radius 1 is 1.27 bits per heavy atom. The molecular weight excluding hydrogens is 398 g/mol. The maximum absolute atomic E-state index is 12.7. The number of nitrogens with one attached hydrogen (secondary N) is 1. The number of rotatable bonds is 2. The summed E-state index contributed by atoms with van der Waals surface area (Å²) in [6.07, 6.45) is 0.393. The molecule has 2 amide bonds. The number of carbonyl (C=O) groups excluding carboxylic acids is 2. The van der Waals surface area contributed by atoms with Crippen LogP contribution in [-0.4, -0.2) is 46.2 Å². The molecule has 1 aliphatic heterocycles. The highest BCUT2D eigenvalue weighted by Gasteiger charge is 2.31. The van der Waals surface area contributed by atoms with Crippen LogP contribution in [-0.2, 0) is 11.8 Å². The molecule has 1 aromatic carbocycles. The zero-order valence-corrected chi connectivity index (χ0v) is 17.1. The van der Waals surface area contributed by atoms with Crippen molar-refractivity contribution in [1.29, 1.82) is 0 Å². The summed E-state index contributed by atoms with van der Waals surface area (Å²) >= 11 is 3.46. The van der Waals surface area contributed by atoms with E-state index in [-0.39, 0.29) is 18.0 Å². The monoisotopic (exact) mass is 421 g/mol. The number of carbonyl (C=O) groups is 2. The van der Waals surface area contributed by atoms with Crippen LogP contribution in [0, 0.1) is 0 Å². The first-order valence-electron chi connectivity index (χ1n) is 8.68. The normalized spacial score (nSPS) is 17.6. The molecule has 0 bridgehead atoms. The van der Waals surface area contributed by atoms with Gasteiger partial charge in [0, 0.05) is 41.6 Å². The number of ether oxygens (including phenoxy) is 1. The van der Waals surface area contributed by atoms with Crippen LogP contribution < -0.4 is 5.32 Å². The van der Waals surface area contributed by atoms with Crippen LogP contribution in [0.3, 0.4) is 0 Å². The number of halogens is 1. The average Bonchev–Trinajstić information content (AvgIpc) is 3.11. The Bertz CT molecular complexity index is 854. The zero-order valence-electron chi connectivity index (χ0n) is 15.5. The Kier molecular flexibility index (Phi) is 5.01. The van der Waals surface area contributed by atoms with Gasteiger partial charge in [0.25, 0.3) is 5.91 Å². The van der Waals surface area contributed by atoms with Gasteiger partial charge >= 0.3 is 6.09 Å². The number of nitrogens with zero attached hydrogens (tertiary/aromatic N) is 2. The van der Waals surface area contributed by atoms with Crippen molar-refractivity contribution in [2.24, 2.45) is 7.05 Å². The van der Waals surface area contributed by atoms with E-state index >= 15 is 0 Å². The van der Waals surface area contributed by atoms with Crippen molar-refractivity contribution >= 4 is 38.8 Å². The van der Waals surface area contributed by atoms with Crippen molar-refractivity contribution in [2.75, 3.05) is 13.1 Å². The lowest BCUT2D eigenvalue weighted by atomic mass is 10.2. The molecule has 2 aromatic rings. The lowest BCUT2D eigenvalue weighted by molar-refractivity contribution is 0.0290. The van der Waals surface area contributed by atoms with Gasteiger partial charge in [-0.25, -0.2) is 4.79 Å². The number of hydrogen-bond donors (Lipinski definition) is 1. The van der Waals surface area contributed by atoms with Gasteiger partial charge < -0.3 is 19.5 Å². The zero-order chi connectivity index (χ0) is 19.1. The van der Waals surface area contributed by atoms with Gasteiger partial charge in [0.2, 0.25) is 0 Å². The summed E-state index contributed by atoms with van der Waals surface area (Å²) in [5.74, 6) is -0.129. The molecule has 2 heterocycles. The molecule has 0 aliphatic carbocycles. The standard InChI is InChI=1S/C19H24BrN3O3/c1-19(2,3)26-18(25)23-8-7-14(11-23)21-17(24)16-9-12-5-6-13(20)10-15(12)22(16)4/h5-6,9-10,14H,7-8,11H2,1-4H3,(H,21,24)/t14-/m1/s1. The molecule has 140 valence electrons. The number of aryl methyl sites for hydroxylation is 1. The van der Waals surface area contributed by atoms with Gasteiger partial charge in [0.15, 0.2) is 0 Å². The van der Waals surface area contributed by atoms with Crippen molar-refractivity contribution in [1.82, 2.24) is 14.8 Å². The largest absolute Gasteiger partial charge is 0.444 e. The van der Waals surface area contributed by atoms with Gasteiger partial charge in [-0.2, -0.15) is 0 Å². The molecule has 7 heteroatoms. The Morgan fingerprint density at radius 3 is 2.69 bits per heavy atom.